The van der Waals surface area contributed by atoms with E-state index in [4.69, 9.17) is 0 Å². The topological polar surface area (TPSA) is 68.9 Å². The Balaban J connectivity index is 2.05. The van der Waals surface area contributed by atoms with Gasteiger partial charge in [-0.25, -0.2) is 0 Å². The van der Waals surface area contributed by atoms with Gasteiger partial charge >= 0.3 is 4.87 Å². The molecule has 0 amide bonds. The van der Waals surface area contributed by atoms with Crippen molar-refractivity contribution in [1.82, 2.24) is 9.97 Å². The van der Waals surface area contributed by atoms with Crippen molar-refractivity contribution in [2.45, 2.75) is 6.42 Å². The first-order chi connectivity index (χ1) is 8.63. The van der Waals surface area contributed by atoms with E-state index in [2.05, 4.69) is 25.9 Å². The number of fused-ring (bicyclic) bond motifs is 1. The lowest BCUT2D eigenvalue weighted by molar-refractivity contribution is 0.451. The van der Waals surface area contributed by atoms with Gasteiger partial charge in [0.2, 0.25) is 5.88 Å². The van der Waals surface area contributed by atoms with E-state index in [1.54, 1.807) is 0 Å². The number of aromatic nitrogens is 2. The summed E-state index contributed by atoms with van der Waals surface area (Å²) in [7, 11) is 0. The largest absolute Gasteiger partial charge is 0.494 e. The second kappa shape index (κ2) is 4.29. The molecule has 6 heteroatoms. The van der Waals surface area contributed by atoms with Gasteiger partial charge in [-0.15, -0.1) is 0 Å². The summed E-state index contributed by atoms with van der Waals surface area (Å²) in [6.45, 7) is 0. The molecule has 0 spiro atoms. The zero-order valence-electron chi connectivity index (χ0n) is 9.16. The monoisotopic (exact) mass is 324 g/mol. The standard InChI is InChI=1S/C12H9BrN2O2S/c13-7-1-2-8-6(5-14-9(8)4-7)3-10-11(16)15-12(17)18-10/h1-2,4-5,14,16H,3H2,(H,15,17). The third kappa shape index (κ3) is 1.97. The van der Waals surface area contributed by atoms with E-state index >= 15 is 0 Å². The van der Waals surface area contributed by atoms with E-state index < -0.39 is 0 Å². The molecule has 3 N–H and O–H groups in total. The summed E-state index contributed by atoms with van der Waals surface area (Å²) in [5.41, 5.74) is 2.09. The molecule has 0 atom stereocenters. The van der Waals surface area contributed by atoms with Crippen molar-refractivity contribution in [3.63, 3.8) is 0 Å². The van der Waals surface area contributed by atoms with Crippen LogP contribution in [-0.4, -0.2) is 15.1 Å². The van der Waals surface area contributed by atoms with Gasteiger partial charge < -0.3 is 10.1 Å². The molecule has 3 aromatic rings. The molecule has 4 nitrogen and oxygen atoms in total. The number of thiazole rings is 1. The Labute approximate surface area is 114 Å². The number of halogens is 1. The van der Waals surface area contributed by atoms with Crippen molar-refractivity contribution in [3.05, 3.63) is 49.0 Å². The molecule has 3 rings (SSSR count). The predicted molar refractivity (Wildman–Crippen MR) is 75.4 cm³/mol. The molecule has 0 aliphatic heterocycles. The zero-order valence-corrected chi connectivity index (χ0v) is 11.6. The first kappa shape index (κ1) is 11.6. The molecule has 0 aliphatic carbocycles. The minimum absolute atomic E-state index is 0.0311. The molecule has 2 heterocycles. The van der Waals surface area contributed by atoms with Gasteiger partial charge in [-0.3, -0.25) is 9.78 Å². The van der Waals surface area contributed by atoms with Crippen LogP contribution < -0.4 is 4.87 Å². The van der Waals surface area contributed by atoms with Gasteiger partial charge in [-0.05, 0) is 17.7 Å². The molecular formula is C12H9BrN2O2S. The van der Waals surface area contributed by atoms with Crippen molar-refractivity contribution >= 4 is 38.2 Å². The van der Waals surface area contributed by atoms with E-state index in [9.17, 15) is 9.90 Å². The highest BCUT2D eigenvalue weighted by atomic mass is 79.9. The molecule has 1 aromatic carbocycles. The number of rotatable bonds is 2. The van der Waals surface area contributed by atoms with Crippen LogP contribution >= 0.6 is 27.3 Å². The Morgan fingerprint density at radius 1 is 1.39 bits per heavy atom. The Bertz CT molecular complexity index is 772. The van der Waals surface area contributed by atoms with E-state index in [0.29, 0.717) is 11.3 Å². The molecule has 0 fully saturated rings. The van der Waals surface area contributed by atoms with Crippen molar-refractivity contribution in [1.29, 1.82) is 0 Å². The number of H-pyrrole nitrogens is 2. The molecular weight excluding hydrogens is 316 g/mol. The van der Waals surface area contributed by atoms with Crippen molar-refractivity contribution in [2.24, 2.45) is 0 Å². The summed E-state index contributed by atoms with van der Waals surface area (Å²) in [5, 5.41) is 10.7. The van der Waals surface area contributed by atoms with Crippen LogP contribution in [0.4, 0.5) is 0 Å². The summed E-state index contributed by atoms with van der Waals surface area (Å²) in [6.07, 6.45) is 2.44. The lowest BCUT2D eigenvalue weighted by atomic mass is 10.1. The van der Waals surface area contributed by atoms with E-state index in [1.165, 1.54) is 0 Å². The lowest BCUT2D eigenvalue weighted by Gasteiger charge is -1.97. The van der Waals surface area contributed by atoms with Crippen LogP contribution in [0.1, 0.15) is 10.4 Å². The maximum Gasteiger partial charge on any atom is 0.307 e. The highest BCUT2D eigenvalue weighted by molar-refractivity contribution is 9.10. The fourth-order valence-electron chi connectivity index (χ4n) is 1.95. The minimum atomic E-state index is -0.231. The average molecular weight is 325 g/mol. The van der Waals surface area contributed by atoms with Crippen molar-refractivity contribution < 1.29 is 5.11 Å². The third-order valence-electron chi connectivity index (χ3n) is 2.78. The molecule has 2 aromatic heterocycles. The molecule has 92 valence electrons. The van der Waals surface area contributed by atoms with E-state index in [-0.39, 0.29) is 10.8 Å². The fraction of sp³-hybridized carbons (Fsp3) is 0.0833. The second-order valence-corrected chi connectivity index (χ2v) is 5.95. The van der Waals surface area contributed by atoms with Gasteiger partial charge in [0.15, 0.2) is 0 Å². The summed E-state index contributed by atoms with van der Waals surface area (Å²) in [5.74, 6) is -0.0311. The third-order valence-corrected chi connectivity index (χ3v) is 4.15. The lowest BCUT2D eigenvalue weighted by Crippen LogP contribution is -1.89. The van der Waals surface area contributed by atoms with Crippen LogP contribution in [0.5, 0.6) is 5.88 Å². The van der Waals surface area contributed by atoms with Gasteiger partial charge in [0.25, 0.3) is 0 Å². The van der Waals surface area contributed by atoms with Gasteiger partial charge in [-0.2, -0.15) is 0 Å². The van der Waals surface area contributed by atoms with Crippen molar-refractivity contribution in [3.8, 4) is 5.88 Å². The highest BCUT2D eigenvalue weighted by Gasteiger charge is 2.11. The van der Waals surface area contributed by atoms with E-state index in [0.717, 1.165) is 32.3 Å². The van der Waals surface area contributed by atoms with E-state index in [1.807, 2.05) is 24.4 Å². The molecule has 0 saturated heterocycles. The zero-order chi connectivity index (χ0) is 12.7. The van der Waals surface area contributed by atoms with Crippen LogP contribution in [0.25, 0.3) is 10.9 Å². The number of benzene rings is 1. The molecule has 0 saturated carbocycles. The number of aromatic amines is 2. The van der Waals surface area contributed by atoms with Crippen LogP contribution in [0.15, 0.2) is 33.7 Å². The Kier molecular flexibility index (Phi) is 2.76. The molecule has 0 radical (unpaired) electrons. The van der Waals surface area contributed by atoms with Crippen molar-refractivity contribution in [2.75, 3.05) is 0 Å². The molecule has 0 aliphatic rings. The van der Waals surface area contributed by atoms with Crippen LogP contribution in [-0.2, 0) is 6.42 Å². The first-order valence-corrected chi connectivity index (χ1v) is 6.91. The quantitative estimate of drug-likeness (QED) is 0.678. The van der Waals surface area contributed by atoms with Crippen LogP contribution in [0, 0.1) is 0 Å². The molecule has 18 heavy (non-hydrogen) atoms. The Hall–Kier alpha value is -1.53. The van der Waals surface area contributed by atoms with Gasteiger partial charge in [0.1, 0.15) is 0 Å². The Morgan fingerprint density at radius 2 is 2.22 bits per heavy atom. The van der Waals surface area contributed by atoms with Crippen LogP contribution in [0.2, 0.25) is 0 Å². The Morgan fingerprint density at radius 3 is 2.94 bits per heavy atom. The normalized spacial score (nSPS) is 11.2. The van der Waals surface area contributed by atoms with Gasteiger partial charge in [0, 0.05) is 28.0 Å². The molecule has 0 unspecified atom stereocenters. The molecule has 0 bridgehead atoms. The summed E-state index contributed by atoms with van der Waals surface area (Å²) in [4.78, 5) is 17.1. The summed E-state index contributed by atoms with van der Waals surface area (Å²) in [6, 6.07) is 5.98. The number of aromatic hydroxyl groups is 1. The van der Waals surface area contributed by atoms with Gasteiger partial charge in [0.05, 0.1) is 4.88 Å². The number of hydrogen-bond donors (Lipinski definition) is 3. The second-order valence-electron chi connectivity index (χ2n) is 3.97. The number of nitrogens with one attached hydrogen (secondary N) is 2. The summed E-state index contributed by atoms with van der Waals surface area (Å²) < 4.78 is 1.01. The first-order valence-electron chi connectivity index (χ1n) is 5.30. The maximum atomic E-state index is 11.1. The fourth-order valence-corrected chi connectivity index (χ4v) is 3.06. The SMILES string of the molecule is O=c1[nH]c(O)c(Cc2c[nH]c3cc(Br)ccc23)s1. The highest BCUT2D eigenvalue weighted by Crippen LogP contribution is 2.27. The predicted octanol–water partition coefficient (Wildman–Crippen LogP) is 2.98. The number of hydrogen-bond acceptors (Lipinski definition) is 3. The average Bonchev–Trinajstić information content (AvgIpc) is 2.84. The van der Waals surface area contributed by atoms with Crippen LogP contribution in [0.3, 0.4) is 0 Å². The minimum Gasteiger partial charge on any atom is -0.494 e. The van der Waals surface area contributed by atoms with Gasteiger partial charge in [-0.1, -0.05) is 33.3 Å². The summed E-state index contributed by atoms with van der Waals surface area (Å²) >= 11 is 4.46. The maximum absolute atomic E-state index is 11.1. The smallest absolute Gasteiger partial charge is 0.307 e.